The van der Waals surface area contributed by atoms with Crippen molar-refractivity contribution in [1.82, 2.24) is 9.97 Å². The number of anilines is 3. The summed E-state index contributed by atoms with van der Waals surface area (Å²) in [5, 5.41) is 16.1. The van der Waals surface area contributed by atoms with E-state index in [1.165, 1.54) is 18.2 Å². The van der Waals surface area contributed by atoms with Gasteiger partial charge in [0.2, 0.25) is 5.95 Å². The van der Waals surface area contributed by atoms with Crippen molar-refractivity contribution in [2.45, 2.75) is 19.3 Å². The minimum Gasteiger partial charge on any atom is -0.406 e. The molecular weight excluding hydrogens is 456 g/mol. The summed E-state index contributed by atoms with van der Waals surface area (Å²) in [5.74, 6) is 0.106. The molecule has 0 spiro atoms. The molecule has 0 aliphatic heterocycles. The third-order valence-corrected chi connectivity index (χ3v) is 4.48. The number of aliphatic hydroxyl groups is 1. The molecule has 1 aromatic heterocycles. The number of ether oxygens (including phenoxy) is 1. The molecule has 11 heteroatoms. The summed E-state index contributed by atoms with van der Waals surface area (Å²) < 4.78 is 41.7. The lowest BCUT2D eigenvalue weighted by atomic mass is 10.1. The first-order chi connectivity index (χ1) is 14.6. The van der Waals surface area contributed by atoms with Gasteiger partial charge in [-0.05, 0) is 37.3 Å². The fourth-order valence-electron chi connectivity index (χ4n) is 2.57. The third-order valence-electron chi connectivity index (χ3n) is 3.93. The Balaban J connectivity index is 2.00. The van der Waals surface area contributed by atoms with Gasteiger partial charge in [0.25, 0.3) is 0 Å². The molecule has 1 atom stereocenters. The van der Waals surface area contributed by atoms with E-state index < -0.39 is 6.36 Å². The summed E-state index contributed by atoms with van der Waals surface area (Å²) in [7, 11) is 0. The summed E-state index contributed by atoms with van der Waals surface area (Å²) in [5.41, 5.74) is 1.21. The van der Waals surface area contributed by atoms with E-state index in [2.05, 4.69) is 25.3 Å². The molecule has 2 aromatic carbocycles. The van der Waals surface area contributed by atoms with Crippen molar-refractivity contribution in [3.05, 3.63) is 58.6 Å². The lowest BCUT2D eigenvalue weighted by Crippen LogP contribution is -2.21. The van der Waals surface area contributed by atoms with Crippen LogP contribution in [0.3, 0.4) is 0 Å². The molecular formula is C20H17Cl2F3N4O2. The Morgan fingerprint density at radius 2 is 1.87 bits per heavy atom. The lowest BCUT2D eigenvalue weighted by Gasteiger charge is -2.15. The van der Waals surface area contributed by atoms with Gasteiger partial charge in [0.1, 0.15) is 11.6 Å². The molecule has 0 aliphatic rings. The summed E-state index contributed by atoms with van der Waals surface area (Å²) in [4.78, 5) is 8.68. The SMILES string of the molecule is C[C@H](CO)Nc1nc(Nc2ccc(Cl)cc2Cl)cc(-c2cccc(OC(F)(F)F)c2)n1. The second-order valence-corrected chi connectivity index (χ2v) is 7.36. The Kier molecular flexibility index (Phi) is 7.09. The Bertz CT molecular complexity index is 1070. The molecule has 0 saturated carbocycles. The number of benzene rings is 2. The Morgan fingerprint density at radius 3 is 2.55 bits per heavy atom. The second kappa shape index (κ2) is 9.59. The van der Waals surface area contributed by atoms with Gasteiger partial charge in [-0.2, -0.15) is 4.98 Å². The van der Waals surface area contributed by atoms with Crippen LogP contribution < -0.4 is 15.4 Å². The van der Waals surface area contributed by atoms with E-state index in [1.54, 1.807) is 37.3 Å². The van der Waals surface area contributed by atoms with Crippen LogP contribution in [0.25, 0.3) is 11.3 Å². The predicted octanol–water partition coefficient (Wildman–Crippen LogP) is 5.89. The van der Waals surface area contributed by atoms with Crippen LogP contribution in [-0.2, 0) is 0 Å². The number of aromatic nitrogens is 2. The van der Waals surface area contributed by atoms with Crippen molar-refractivity contribution in [2.24, 2.45) is 0 Å². The topological polar surface area (TPSA) is 79.3 Å². The standard InChI is InChI=1S/C20H17Cl2F3N4O2/c1-11(10-30)26-19-28-17(12-3-2-4-14(7-12)31-20(23,24)25)9-18(29-19)27-16-6-5-13(21)8-15(16)22/h2-9,11,30H,10H2,1H3,(H2,26,27,28,29)/t11-/m1/s1. The van der Waals surface area contributed by atoms with Gasteiger partial charge in [-0.3, -0.25) is 0 Å². The molecule has 0 radical (unpaired) electrons. The zero-order valence-electron chi connectivity index (χ0n) is 16.0. The predicted molar refractivity (Wildman–Crippen MR) is 114 cm³/mol. The molecule has 3 aromatic rings. The van der Waals surface area contributed by atoms with E-state index >= 15 is 0 Å². The molecule has 31 heavy (non-hydrogen) atoms. The first-order valence-corrected chi connectivity index (χ1v) is 9.73. The highest BCUT2D eigenvalue weighted by atomic mass is 35.5. The van der Waals surface area contributed by atoms with Crippen LogP contribution >= 0.6 is 23.2 Å². The van der Waals surface area contributed by atoms with Crippen LogP contribution in [0.5, 0.6) is 5.75 Å². The van der Waals surface area contributed by atoms with Crippen LogP contribution in [-0.4, -0.2) is 34.1 Å². The second-order valence-electron chi connectivity index (χ2n) is 6.51. The number of nitrogens with zero attached hydrogens (tertiary/aromatic N) is 2. The van der Waals surface area contributed by atoms with Crippen LogP contribution in [0.4, 0.5) is 30.6 Å². The fourth-order valence-corrected chi connectivity index (χ4v) is 3.03. The van der Waals surface area contributed by atoms with E-state index in [0.29, 0.717) is 32.8 Å². The molecule has 6 nitrogen and oxygen atoms in total. The van der Waals surface area contributed by atoms with Gasteiger partial charge in [-0.1, -0.05) is 35.3 Å². The first-order valence-electron chi connectivity index (χ1n) is 8.97. The maximum Gasteiger partial charge on any atom is 0.573 e. The average Bonchev–Trinajstić information content (AvgIpc) is 2.69. The fraction of sp³-hybridized carbons (Fsp3) is 0.200. The molecule has 0 unspecified atom stereocenters. The van der Waals surface area contributed by atoms with E-state index in [4.69, 9.17) is 23.2 Å². The Hall–Kier alpha value is -2.75. The van der Waals surface area contributed by atoms with E-state index in [1.807, 2.05) is 0 Å². The van der Waals surface area contributed by atoms with Crippen molar-refractivity contribution in [1.29, 1.82) is 0 Å². The molecule has 0 amide bonds. The molecule has 3 rings (SSSR count). The Labute approximate surface area is 186 Å². The van der Waals surface area contributed by atoms with E-state index in [0.717, 1.165) is 0 Å². The highest BCUT2D eigenvalue weighted by molar-refractivity contribution is 6.36. The number of hydrogen-bond donors (Lipinski definition) is 3. The number of aliphatic hydroxyl groups excluding tert-OH is 1. The van der Waals surface area contributed by atoms with Gasteiger partial charge < -0.3 is 20.5 Å². The molecule has 164 valence electrons. The van der Waals surface area contributed by atoms with Gasteiger partial charge in [0, 0.05) is 22.7 Å². The lowest BCUT2D eigenvalue weighted by molar-refractivity contribution is -0.274. The molecule has 0 saturated heterocycles. The van der Waals surface area contributed by atoms with Crippen LogP contribution in [0.1, 0.15) is 6.92 Å². The van der Waals surface area contributed by atoms with E-state index in [9.17, 15) is 18.3 Å². The molecule has 0 fully saturated rings. The van der Waals surface area contributed by atoms with Gasteiger partial charge in [0.05, 0.1) is 23.0 Å². The summed E-state index contributed by atoms with van der Waals surface area (Å²) >= 11 is 12.1. The summed E-state index contributed by atoms with van der Waals surface area (Å²) in [6.07, 6.45) is -4.81. The van der Waals surface area contributed by atoms with Crippen molar-refractivity contribution in [2.75, 3.05) is 17.2 Å². The van der Waals surface area contributed by atoms with E-state index in [-0.39, 0.29) is 24.3 Å². The van der Waals surface area contributed by atoms with Crippen LogP contribution in [0, 0.1) is 0 Å². The molecule has 1 heterocycles. The summed E-state index contributed by atoms with van der Waals surface area (Å²) in [6.45, 7) is 1.55. The van der Waals surface area contributed by atoms with Crippen molar-refractivity contribution in [3.63, 3.8) is 0 Å². The van der Waals surface area contributed by atoms with Crippen molar-refractivity contribution < 1.29 is 23.0 Å². The molecule has 0 aliphatic carbocycles. The van der Waals surface area contributed by atoms with Crippen molar-refractivity contribution in [3.8, 4) is 17.0 Å². The van der Waals surface area contributed by atoms with Gasteiger partial charge in [0.15, 0.2) is 0 Å². The highest BCUT2D eigenvalue weighted by Crippen LogP contribution is 2.31. The summed E-state index contributed by atoms with van der Waals surface area (Å²) in [6, 6.07) is 11.5. The van der Waals surface area contributed by atoms with Gasteiger partial charge in [-0.25, -0.2) is 4.98 Å². The first kappa shape index (κ1) is 22.9. The minimum absolute atomic E-state index is 0.161. The minimum atomic E-state index is -4.81. The zero-order chi connectivity index (χ0) is 22.6. The number of rotatable bonds is 7. The van der Waals surface area contributed by atoms with Gasteiger partial charge in [-0.15, -0.1) is 13.2 Å². The quantitative estimate of drug-likeness (QED) is 0.398. The zero-order valence-corrected chi connectivity index (χ0v) is 17.6. The number of nitrogens with one attached hydrogen (secondary N) is 2. The maximum absolute atomic E-state index is 12.6. The number of hydrogen-bond acceptors (Lipinski definition) is 6. The normalized spacial score (nSPS) is 12.4. The monoisotopic (exact) mass is 472 g/mol. The largest absolute Gasteiger partial charge is 0.573 e. The Morgan fingerprint density at radius 1 is 1.10 bits per heavy atom. The maximum atomic E-state index is 12.6. The smallest absolute Gasteiger partial charge is 0.406 e. The molecule has 0 bridgehead atoms. The highest BCUT2D eigenvalue weighted by Gasteiger charge is 2.31. The van der Waals surface area contributed by atoms with Crippen molar-refractivity contribution >= 4 is 40.7 Å². The number of alkyl halides is 3. The van der Waals surface area contributed by atoms with Crippen LogP contribution in [0.2, 0.25) is 10.0 Å². The molecule has 3 N–H and O–H groups in total. The van der Waals surface area contributed by atoms with Crippen LogP contribution in [0.15, 0.2) is 48.5 Å². The van der Waals surface area contributed by atoms with Gasteiger partial charge >= 0.3 is 6.36 Å². The third kappa shape index (κ3) is 6.61. The average molecular weight is 473 g/mol. The number of halogens is 5.